The Hall–Kier alpha value is -2.11. The summed E-state index contributed by atoms with van der Waals surface area (Å²) in [5.74, 6) is 2.77. The summed E-state index contributed by atoms with van der Waals surface area (Å²) in [6, 6.07) is 4.15. The highest BCUT2D eigenvalue weighted by Gasteiger charge is 2.21. The topological polar surface area (TPSA) is 75.9 Å². The third-order valence-corrected chi connectivity index (χ3v) is 2.45. The van der Waals surface area contributed by atoms with E-state index >= 15 is 0 Å². The van der Waals surface area contributed by atoms with Gasteiger partial charge in [-0.05, 0) is 25.8 Å². The van der Waals surface area contributed by atoms with E-state index in [2.05, 4.69) is 25.8 Å². The van der Waals surface area contributed by atoms with Crippen molar-refractivity contribution in [2.24, 2.45) is 0 Å². The van der Waals surface area contributed by atoms with E-state index in [0.29, 0.717) is 23.6 Å². The number of nitrogens with zero attached hydrogens (tertiary/aromatic N) is 3. The van der Waals surface area contributed by atoms with Crippen LogP contribution in [0.25, 0.3) is 0 Å². The van der Waals surface area contributed by atoms with Gasteiger partial charge in [-0.15, -0.1) is 0 Å². The second-order valence-electron chi connectivity index (χ2n) is 4.13. The molecule has 0 radical (unpaired) electrons. The van der Waals surface area contributed by atoms with Crippen LogP contribution in [-0.4, -0.2) is 21.2 Å². The van der Waals surface area contributed by atoms with E-state index in [-0.39, 0.29) is 0 Å². The quantitative estimate of drug-likeness (QED) is 0.839. The van der Waals surface area contributed by atoms with Gasteiger partial charge in [-0.1, -0.05) is 5.16 Å². The smallest absolute Gasteiger partial charge is 0.224 e. The first-order valence-corrected chi connectivity index (χ1v) is 5.59. The van der Waals surface area contributed by atoms with Gasteiger partial charge in [0.15, 0.2) is 5.82 Å². The second-order valence-corrected chi connectivity index (χ2v) is 4.13. The molecule has 0 spiro atoms. The molecule has 3 rings (SSSR count). The van der Waals surface area contributed by atoms with Gasteiger partial charge in [-0.3, -0.25) is 0 Å². The third kappa shape index (κ3) is 2.52. The first kappa shape index (κ1) is 10.1. The molecule has 6 heteroatoms. The minimum absolute atomic E-state index is 0.541. The van der Waals surface area contributed by atoms with Gasteiger partial charge >= 0.3 is 0 Å². The van der Waals surface area contributed by atoms with E-state index in [9.17, 15) is 0 Å². The van der Waals surface area contributed by atoms with E-state index in [1.165, 1.54) is 12.8 Å². The van der Waals surface area contributed by atoms with Crippen molar-refractivity contribution < 1.29 is 4.52 Å². The summed E-state index contributed by atoms with van der Waals surface area (Å²) < 4.78 is 4.97. The van der Waals surface area contributed by atoms with Crippen molar-refractivity contribution in [2.75, 3.05) is 10.6 Å². The molecule has 0 amide bonds. The summed E-state index contributed by atoms with van der Waals surface area (Å²) in [6.07, 6.45) is 4.11. The van der Waals surface area contributed by atoms with Crippen LogP contribution in [0.4, 0.5) is 17.6 Å². The van der Waals surface area contributed by atoms with E-state index in [1.54, 1.807) is 12.3 Å². The molecule has 6 nitrogen and oxygen atoms in total. The minimum atomic E-state index is 0.541. The van der Waals surface area contributed by atoms with Gasteiger partial charge in [-0.2, -0.15) is 4.98 Å². The van der Waals surface area contributed by atoms with Gasteiger partial charge in [-0.25, -0.2) is 4.98 Å². The lowest BCUT2D eigenvalue weighted by molar-refractivity contribution is 0.400. The van der Waals surface area contributed by atoms with Crippen LogP contribution in [0.2, 0.25) is 0 Å². The lowest BCUT2D eigenvalue weighted by Crippen LogP contribution is -2.06. The van der Waals surface area contributed by atoms with Crippen LogP contribution < -0.4 is 10.6 Å². The number of aryl methyl sites for hydroxylation is 1. The van der Waals surface area contributed by atoms with Crippen LogP contribution in [0.1, 0.15) is 18.6 Å². The molecule has 1 aliphatic rings. The minimum Gasteiger partial charge on any atom is -0.360 e. The van der Waals surface area contributed by atoms with Gasteiger partial charge in [0.05, 0.1) is 0 Å². The van der Waals surface area contributed by atoms with Gasteiger partial charge in [0, 0.05) is 18.3 Å². The van der Waals surface area contributed by atoms with Crippen molar-refractivity contribution in [3.05, 3.63) is 24.1 Å². The van der Waals surface area contributed by atoms with Crippen molar-refractivity contribution in [2.45, 2.75) is 25.8 Å². The average Bonchev–Trinajstić information content (AvgIpc) is 3.02. The second kappa shape index (κ2) is 4.04. The fraction of sp³-hybridized carbons (Fsp3) is 0.364. The molecule has 1 saturated carbocycles. The third-order valence-electron chi connectivity index (χ3n) is 2.45. The Morgan fingerprint density at radius 2 is 2.24 bits per heavy atom. The zero-order valence-electron chi connectivity index (χ0n) is 9.47. The van der Waals surface area contributed by atoms with E-state index in [0.717, 1.165) is 5.76 Å². The standard InChI is InChI=1S/C11H13N5O/c1-7-6-10(16-17-7)14-9-4-5-12-11(15-9)13-8-2-3-8/h4-6,8H,2-3H2,1H3,(H2,12,13,14,15,16). The Morgan fingerprint density at radius 1 is 1.35 bits per heavy atom. The van der Waals surface area contributed by atoms with Gasteiger partial charge in [0.2, 0.25) is 5.95 Å². The zero-order valence-corrected chi connectivity index (χ0v) is 9.47. The van der Waals surface area contributed by atoms with Crippen molar-refractivity contribution in [1.82, 2.24) is 15.1 Å². The van der Waals surface area contributed by atoms with E-state index < -0.39 is 0 Å². The monoisotopic (exact) mass is 231 g/mol. The molecule has 1 aliphatic carbocycles. The highest BCUT2D eigenvalue weighted by molar-refractivity contribution is 5.52. The van der Waals surface area contributed by atoms with E-state index in [4.69, 9.17) is 4.52 Å². The summed E-state index contributed by atoms with van der Waals surface area (Å²) in [6.45, 7) is 1.85. The average molecular weight is 231 g/mol. The number of nitrogens with one attached hydrogen (secondary N) is 2. The van der Waals surface area contributed by atoms with Crippen molar-refractivity contribution >= 4 is 17.6 Å². The summed E-state index contributed by atoms with van der Waals surface area (Å²) in [4.78, 5) is 8.50. The number of hydrogen-bond acceptors (Lipinski definition) is 6. The molecule has 0 aromatic carbocycles. The number of anilines is 3. The summed E-state index contributed by atoms with van der Waals surface area (Å²) in [5, 5.41) is 10.2. The molecule has 2 aromatic heterocycles. The Bertz CT molecular complexity index is 520. The summed E-state index contributed by atoms with van der Waals surface area (Å²) >= 11 is 0. The molecule has 2 heterocycles. The lowest BCUT2D eigenvalue weighted by Gasteiger charge is -2.04. The molecular formula is C11H13N5O. The molecule has 0 unspecified atom stereocenters. The SMILES string of the molecule is Cc1cc(Nc2ccnc(NC3CC3)n2)no1. The number of rotatable bonds is 4. The maximum atomic E-state index is 4.97. The maximum Gasteiger partial charge on any atom is 0.224 e. The molecule has 2 aromatic rings. The molecule has 1 fully saturated rings. The van der Waals surface area contributed by atoms with Crippen molar-refractivity contribution in [3.63, 3.8) is 0 Å². The van der Waals surface area contributed by atoms with Crippen LogP contribution in [0.15, 0.2) is 22.9 Å². The fourth-order valence-corrected chi connectivity index (χ4v) is 1.46. The molecule has 88 valence electrons. The highest BCUT2D eigenvalue weighted by atomic mass is 16.5. The van der Waals surface area contributed by atoms with Crippen LogP contribution in [0.5, 0.6) is 0 Å². The molecule has 0 aliphatic heterocycles. The van der Waals surface area contributed by atoms with Gasteiger partial charge in [0.1, 0.15) is 11.6 Å². The Labute approximate surface area is 98.4 Å². The van der Waals surface area contributed by atoms with Crippen molar-refractivity contribution in [3.8, 4) is 0 Å². The molecule has 0 atom stereocenters. The lowest BCUT2D eigenvalue weighted by atomic mass is 10.5. The molecule has 17 heavy (non-hydrogen) atoms. The maximum absolute atomic E-state index is 4.97. The first-order valence-electron chi connectivity index (χ1n) is 5.59. The molecular weight excluding hydrogens is 218 g/mol. The van der Waals surface area contributed by atoms with Crippen molar-refractivity contribution in [1.29, 1.82) is 0 Å². The molecule has 0 saturated heterocycles. The van der Waals surface area contributed by atoms with Crippen LogP contribution in [-0.2, 0) is 0 Å². The Balaban J connectivity index is 1.73. The Morgan fingerprint density at radius 3 is 2.94 bits per heavy atom. The van der Waals surface area contributed by atoms with Gasteiger partial charge in [0.25, 0.3) is 0 Å². The summed E-state index contributed by atoms with van der Waals surface area (Å²) in [7, 11) is 0. The predicted octanol–water partition coefficient (Wildman–Crippen LogP) is 2.09. The Kier molecular flexibility index (Phi) is 2.40. The summed E-state index contributed by atoms with van der Waals surface area (Å²) in [5.41, 5.74) is 0. The van der Waals surface area contributed by atoms with Crippen LogP contribution in [0.3, 0.4) is 0 Å². The van der Waals surface area contributed by atoms with Gasteiger partial charge < -0.3 is 15.2 Å². The van der Waals surface area contributed by atoms with Crippen LogP contribution >= 0.6 is 0 Å². The van der Waals surface area contributed by atoms with Crippen LogP contribution in [0, 0.1) is 6.92 Å². The number of hydrogen-bond donors (Lipinski definition) is 2. The first-order chi connectivity index (χ1) is 8.29. The fourth-order valence-electron chi connectivity index (χ4n) is 1.46. The molecule has 0 bridgehead atoms. The molecule has 2 N–H and O–H groups in total. The predicted molar refractivity (Wildman–Crippen MR) is 63.2 cm³/mol. The number of aromatic nitrogens is 3. The van der Waals surface area contributed by atoms with E-state index in [1.807, 2.05) is 13.0 Å². The zero-order chi connectivity index (χ0) is 11.7. The largest absolute Gasteiger partial charge is 0.360 e. The highest BCUT2D eigenvalue weighted by Crippen LogP contribution is 2.23. The normalized spacial score (nSPS) is 14.6.